The Morgan fingerprint density at radius 2 is 1.26 bits per heavy atom. The molecule has 0 fully saturated rings. The molecule has 0 aromatic carbocycles. The van der Waals surface area contributed by atoms with Crippen molar-refractivity contribution in [3.63, 3.8) is 0 Å². The topological polar surface area (TPSA) is 58.2 Å². The first-order chi connectivity index (χ1) is 9.20. The maximum absolute atomic E-state index is 11.3. The molecule has 0 saturated carbocycles. The first-order valence-electron chi connectivity index (χ1n) is 7.34. The van der Waals surface area contributed by atoms with Crippen molar-refractivity contribution in [3.8, 4) is 0 Å². The van der Waals surface area contributed by atoms with Crippen LogP contribution in [0.15, 0.2) is 0 Å². The molecule has 0 unspecified atom stereocenters. The van der Waals surface area contributed by atoms with Crippen LogP contribution in [-0.4, -0.2) is 17.7 Å². The molecule has 2 N–H and O–H groups in total. The maximum Gasteiger partial charge on any atom is 0.253 e. The minimum Gasteiger partial charge on any atom is -0.273 e. The summed E-state index contributed by atoms with van der Waals surface area (Å²) in [5, 5.41) is 0. The van der Waals surface area contributed by atoms with Gasteiger partial charge < -0.3 is 0 Å². The average molecular weight is 291 g/mol. The lowest BCUT2D eigenvalue weighted by molar-refractivity contribution is -0.127. The molecule has 0 spiro atoms. The van der Waals surface area contributed by atoms with Gasteiger partial charge in [-0.2, -0.15) is 0 Å². The molecule has 19 heavy (non-hydrogen) atoms. The molecule has 0 radical (unpaired) electrons. The quantitative estimate of drug-likeness (QED) is 0.348. The van der Waals surface area contributed by atoms with Gasteiger partial charge in [0, 0.05) is 6.42 Å². The summed E-state index contributed by atoms with van der Waals surface area (Å²) in [5.74, 6) is -0.679. The molecule has 0 aromatic rings. The zero-order chi connectivity index (χ0) is 14.3. The highest BCUT2D eigenvalue weighted by atomic mass is 35.5. The number of hydrazine groups is 1. The fraction of sp³-hybridized carbons (Fsp3) is 0.857. The van der Waals surface area contributed by atoms with Gasteiger partial charge in [-0.1, -0.05) is 58.3 Å². The summed E-state index contributed by atoms with van der Waals surface area (Å²) in [6.45, 7) is 2.22. The Hall–Kier alpha value is -0.770. The van der Waals surface area contributed by atoms with Crippen LogP contribution in [0.1, 0.15) is 71.1 Å². The summed E-state index contributed by atoms with van der Waals surface area (Å²) in [6, 6.07) is 0. The lowest BCUT2D eigenvalue weighted by Gasteiger charge is -2.05. The Labute approximate surface area is 121 Å². The first kappa shape index (κ1) is 18.2. The molecule has 112 valence electrons. The number of carbonyl (C=O) groups excluding carboxylic acids is 2. The van der Waals surface area contributed by atoms with Gasteiger partial charge >= 0.3 is 0 Å². The predicted molar refractivity (Wildman–Crippen MR) is 78.8 cm³/mol. The van der Waals surface area contributed by atoms with Crippen LogP contribution < -0.4 is 10.9 Å². The average Bonchev–Trinajstić information content (AvgIpc) is 2.42. The lowest BCUT2D eigenvalue weighted by atomic mass is 10.1. The van der Waals surface area contributed by atoms with Crippen molar-refractivity contribution in [1.82, 2.24) is 10.9 Å². The van der Waals surface area contributed by atoms with Crippen molar-refractivity contribution in [2.45, 2.75) is 71.1 Å². The van der Waals surface area contributed by atoms with E-state index < -0.39 is 0 Å². The molecular formula is C14H27ClN2O2. The second-order valence-corrected chi connectivity index (χ2v) is 5.08. The maximum atomic E-state index is 11.3. The standard InChI is InChI=1S/C14H27ClN2O2/c1-2-3-4-5-6-7-8-9-10-11-13(18)16-17-14(19)12-15/h2-12H2,1H3,(H,16,18)(H,17,19). The van der Waals surface area contributed by atoms with Gasteiger partial charge in [0.25, 0.3) is 5.91 Å². The van der Waals surface area contributed by atoms with Crippen LogP contribution in [-0.2, 0) is 9.59 Å². The number of alkyl halides is 1. The normalized spacial score (nSPS) is 10.2. The van der Waals surface area contributed by atoms with E-state index in [4.69, 9.17) is 11.6 Å². The molecule has 0 aliphatic carbocycles. The van der Waals surface area contributed by atoms with Crippen molar-refractivity contribution in [2.24, 2.45) is 0 Å². The van der Waals surface area contributed by atoms with Crippen LogP contribution in [0.3, 0.4) is 0 Å². The minimum atomic E-state index is -0.387. The van der Waals surface area contributed by atoms with Crippen molar-refractivity contribution < 1.29 is 9.59 Å². The summed E-state index contributed by atoms with van der Waals surface area (Å²) in [4.78, 5) is 22.1. The highest BCUT2D eigenvalue weighted by Gasteiger charge is 2.02. The number of nitrogens with one attached hydrogen (secondary N) is 2. The van der Waals surface area contributed by atoms with Gasteiger partial charge in [0.15, 0.2) is 0 Å². The molecule has 0 aliphatic heterocycles. The Balaban J connectivity index is 3.21. The largest absolute Gasteiger partial charge is 0.273 e. The Kier molecular flexibility index (Phi) is 13.1. The van der Waals surface area contributed by atoms with Crippen LogP contribution in [0.5, 0.6) is 0 Å². The highest BCUT2D eigenvalue weighted by Crippen LogP contribution is 2.10. The van der Waals surface area contributed by atoms with Crippen molar-refractivity contribution in [2.75, 3.05) is 5.88 Å². The van der Waals surface area contributed by atoms with Crippen LogP contribution in [0, 0.1) is 0 Å². The van der Waals surface area contributed by atoms with Crippen molar-refractivity contribution in [1.29, 1.82) is 0 Å². The minimum absolute atomic E-state index is 0.141. The summed E-state index contributed by atoms with van der Waals surface area (Å²) >= 11 is 5.28. The molecule has 0 saturated heterocycles. The van der Waals surface area contributed by atoms with Gasteiger partial charge in [0.05, 0.1) is 0 Å². The van der Waals surface area contributed by atoms with E-state index in [0.717, 1.165) is 12.8 Å². The second kappa shape index (κ2) is 13.7. The molecular weight excluding hydrogens is 264 g/mol. The monoisotopic (exact) mass is 290 g/mol. The van der Waals surface area contributed by atoms with E-state index >= 15 is 0 Å². The molecule has 0 heterocycles. The predicted octanol–water partition coefficient (Wildman–Crippen LogP) is 3.29. The number of amides is 2. The number of halogens is 1. The van der Waals surface area contributed by atoms with E-state index in [1.54, 1.807) is 0 Å². The second-order valence-electron chi connectivity index (χ2n) is 4.81. The first-order valence-corrected chi connectivity index (χ1v) is 7.87. The van der Waals surface area contributed by atoms with E-state index in [1.165, 1.54) is 44.9 Å². The van der Waals surface area contributed by atoms with Gasteiger partial charge in [0.1, 0.15) is 5.88 Å². The van der Waals surface area contributed by atoms with Crippen molar-refractivity contribution in [3.05, 3.63) is 0 Å². The number of rotatable bonds is 11. The molecule has 4 nitrogen and oxygen atoms in total. The molecule has 2 amide bonds. The number of carbonyl (C=O) groups is 2. The zero-order valence-corrected chi connectivity index (χ0v) is 12.7. The summed E-state index contributed by atoms with van der Waals surface area (Å²) in [5.41, 5.74) is 4.58. The van der Waals surface area contributed by atoms with E-state index in [-0.39, 0.29) is 17.7 Å². The van der Waals surface area contributed by atoms with Gasteiger partial charge in [-0.15, -0.1) is 11.6 Å². The summed E-state index contributed by atoms with van der Waals surface area (Å²) in [6.07, 6.45) is 11.5. The number of hydrogen-bond acceptors (Lipinski definition) is 2. The van der Waals surface area contributed by atoms with Crippen LogP contribution in [0.25, 0.3) is 0 Å². The molecule has 0 aromatic heterocycles. The molecule has 0 atom stereocenters. The van der Waals surface area contributed by atoms with E-state index in [9.17, 15) is 9.59 Å². The SMILES string of the molecule is CCCCCCCCCCCC(=O)NNC(=O)CCl. The third-order valence-corrected chi connectivity index (χ3v) is 3.21. The Morgan fingerprint density at radius 1 is 0.789 bits per heavy atom. The van der Waals surface area contributed by atoms with Crippen LogP contribution in [0.4, 0.5) is 0 Å². The van der Waals surface area contributed by atoms with Crippen LogP contribution >= 0.6 is 11.6 Å². The lowest BCUT2D eigenvalue weighted by Crippen LogP contribution is -2.42. The number of unbranched alkanes of at least 4 members (excludes halogenated alkanes) is 8. The summed E-state index contributed by atoms with van der Waals surface area (Å²) in [7, 11) is 0. The third kappa shape index (κ3) is 13.5. The van der Waals surface area contributed by atoms with Crippen molar-refractivity contribution >= 4 is 23.4 Å². The fourth-order valence-corrected chi connectivity index (χ4v) is 1.90. The molecule has 0 bridgehead atoms. The smallest absolute Gasteiger partial charge is 0.253 e. The van der Waals surface area contributed by atoms with Gasteiger partial charge in [-0.25, -0.2) is 0 Å². The molecule has 5 heteroatoms. The van der Waals surface area contributed by atoms with E-state index in [2.05, 4.69) is 17.8 Å². The Morgan fingerprint density at radius 3 is 1.79 bits per heavy atom. The summed E-state index contributed by atoms with van der Waals surface area (Å²) < 4.78 is 0. The van der Waals surface area contributed by atoms with E-state index in [1.807, 2.05) is 0 Å². The van der Waals surface area contributed by atoms with Gasteiger partial charge in [0.2, 0.25) is 5.91 Å². The molecule has 0 rings (SSSR count). The van der Waals surface area contributed by atoms with Gasteiger partial charge in [-0.05, 0) is 6.42 Å². The third-order valence-electron chi connectivity index (χ3n) is 2.97. The number of hydrogen-bond donors (Lipinski definition) is 2. The molecule has 0 aliphatic rings. The van der Waals surface area contributed by atoms with E-state index in [0.29, 0.717) is 6.42 Å². The zero-order valence-electron chi connectivity index (χ0n) is 12.0. The fourth-order valence-electron chi connectivity index (χ4n) is 1.83. The highest BCUT2D eigenvalue weighted by molar-refractivity contribution is 6.27. The van der Waals surface area contributed by atoms with Crippen LogP contribution in [0.2, 0.25) is 0 Å². The van der Waals surface area contributed by atoms with Gasteiger partial charge in [-0.3, -0.25) is 20.4 Å². The Bertz CT molecular complexity index is 248.